The van der Waals surface area contributed by atoms with E-state index < -0.39 is 0 Å². The van der Waals surface area contributed by atoms with Crippen LogP contribution in [-0.4, -0.2) is 18.0 Å². The van der Waals surface area contributed by atoms with Crippen LogP contribution in [0.4, 0.5) is 0 Å². The summed E-state index contributed by atoms with van der Waals surface area (Å²) in [5.74, 6) is 0.777. The van der Waals surface area contributed by atoms with Gasteiger partial charge in [0.25, 0.3) is 0 Å². The Morgan fingerprint density at radius 3 is 2.71 bits per heavy atom. The van der Waals surface area contributed by atoms with E-state index in [4.69, 9.17) is 9.84 Å². The Labute approximate surface area is 87.7 Å². The highest BCUT2D eigenvalue weighted by molar-refractivity contribution is 4.90. The van der Waals surface area contributed by atoms with Gasteiger partial charge in [-0.25, -0.2) is 0 Å². The summed E-state index contributed by atoms with van der Waals surface area (Å²) in [7, 11) is 0. The predicted molar refractivity (Wildman–Crippen MR) is 58.0 cm³/mol. The molecule has 0 aromatic rings. The van der Waals surface area contributed by atoms with Gasteiger partial charge in [-0.1, -0.05) is 33.6 Å². The third-order valence-corrected chi connectivity index (χ3v) is 3.62. The molecule has 0 aromatic heterocycles. The zero-order valence-electron chi connectivity index (χ0n) is 9.75. The largest absolute Gasteiger partial charge is 0.371 e. The van der Waals surface area contributed by atoms with Crippen LogP contribution in [0, 0.1) is 11.3 Å². The minimum Gasteiger partial charge on any atom is -0.371 e. The average molecular weight is 200 g/mol. The van der Waals surface area contributed by atoms with Crippen LogP contribution in [0.5, 0.6) is 0 Å². The van der Waals surface area contributed by atoms with Crippen LogP contribution < -0.4 is 0 Å². The lowest BCUT2D eigenvalue weighted by Crippen LogP contribution is -2.17. The van der Waals surface area contributed by atoms with Crippen LogP contribution in [0.15, 0.2) is 0 Å². The minimum absolute atomic E-state index is 0.124. The molecule has 0 spiro atoms. The molecule has 2 unspecified atom stereocenters. The van der Waals surface area contributed by atoms with Crippen molar-refractivity contribution in [1.82, 2.24) is 0 Å². The number of hydrogen-bond acceptors (Lipinski definition) is 2. The van der Waals surface area contributed by atoms with Gasteiger partial charge < -0.3 is 9.84 Å². The number of aliphatic hydroxyl groups excluding tert-OH is 1. The maximum absolute atomic E-state index is 8.74. The van der Waals surface area contributed by atoms with Crippen LogP contribution >= 0.6 is 0 Å². The van der Waals surface area contributed by atoms with Gasteiger partial charge in [0.05, 0.1) is 6.10 Å². The van der Waals surface area contributed by atoms with E-state index in [9.17, 15) is 0 Å². The zero-order chi connectivity index (χ0) is 10.6. The van der Waals surface area contributed by atoms with Crippen molar-refractivity contribution in [2.24, 2.45) is 11.3 Å². The van der Waals surface area contributed by atoms with Crippen molar-refractivity contribution >= 4 is 0 Å². The normalized spacial score (nSPS) is 30.9. The molecular formula is C12H24O2. The van der Waals surface area contributed by atoms with Crippen molar-refractivity contribution in [3.8, 4) is 0 Å². The molecule has 1 saturated carbocycles. The highest BCUT2D eigenvalue weighted by Gasteiger charge is 2.40. The van der Waals surface area contributed by atoms with E-state index in [1.165, 1.54) is 19.3 Å². The molecule has 0 aromatic carbocycles. The monoisotopic (exact) mass is 200 g/mol. The van der Waals surface area contributed by atoms with Gasteiger partial charge in [0.15, 0.2) is 0 Å². The third-order valence-electron chi connectivity index (χ3n) is 3.62. The van der Waals surface area contributed by atoms with E-state index in [1.807, 2.05) is 0 Å². The summed E-state index contributed by atoms with van der Waals surface area (Å²) >= 11 is 0. The van der Waals surface area contributed by atoms with E-state index in [0.29, 0.717) is 5.41 Å². The fourth-order valence-electron chi connectivity index (χ4n) is 2.66. The number of unbranched alkanes of at least 4 members (excludes halogenated alkanes) is 1. The van der Waals surface area contributed by atoms with Gasteiger partial charge in [-0.05, 0) is 30.6 Å². The van der Waals surface area contributed by atoms with Crippen LogP contribution in [0.1, 0.15) is 52.9 Å². The van der Waals surface area contributed by atoms with Gasteiger partial charge in [0.2, 0.25) is 0 Å². The molecule has 1 aliphatic rings. The summed E-state index contributed by atoms with van der Waals surface area (Å²) in [5, 5.41) is 8.74. The van der Waals surface area contributed by atoms with Gasteiger partial charge in [0, 0.05) is 0 Å². The Hall–Kier alpha value is -0.0800. The van der Waals surface area contributed by atoms with Gasteiger partial charge in [-0.15, -0.1) is 0 Å². The number of ether oxygens (including phenoxy) is 1. The predicted octanol–water partition coefficient (Wildman–Crippen LogP) is 2.95. The quantitative estimate of drug-likeness (QED) is 0.691. The van der Waals surface area contributed by atoms with Gasteiger partial charge in [-0.3, -0.25) is 0 Å². The second-order valence-electron chi connectivity index (χ2n) is 5.19. The van der Waals surface area contributed by atoms with Crippen LogP contribution in [0.25, 0.3) is 0 Å². The van der Waals surface area contributed by atoms with E-state index in [2.05, 4.69) is 20.8 Å². The molecule has 0 radical (unpaired) electrons. The second kappa shape index (κ2) is 5.13. The first-order valence-corrected chi connectivity index (χ1v) is 5.82. The lowest BCUT2D eigenvalue weighted by atomic mass is 9.79. The fraction of sp³-hybridized carbons (Fsp3) is 1.00. The molecule has 2 nitrogen and oxygen atoms in total. The molecule has 0 bridgehead atoms. The summed E-state index contributed by atoms with van der Waals surface area (Å²) in [4.78, 5) is 0. The van der Waals surface area contributed by atoms with Gasteiger partial charge in [-0.2, -0.15) is 0 Å². The second-order valence-corrected chi connectivity index (χ2v) is 5.19. The van der Waals surface area contributed by atoms with Crippen LogP contribution in [0.3, 0.4) is 0 Å². The molecule has 1 aliphatic carbocycles. The Bertz CT molecular complexity index is 166. The molecule has 14 heavy (non-hydrogen) atoms. The summed E-state index contributed by atoms with van der Waals surface area (Å²) < 4.78 is 5.30. The Kier molecular flexibility index (Phi) is 4.39. The Balaban J connectivity index is 2.42. The van der Waals surface area contributed by atoms with E-state index in [-0.39, 0.29) is 12.9 Å². The van der Waals surface area contributed by atoms with E-state index in [1.54, 1.807) is 0 Å². The van der Waals surface area contributed by atoms with Crippen molar-refractivity contribution in [2.45, 2.75) is 59.0 Å². The number of hydrogen-bond donors (Lipinski definition) is 1. The van der Waals surface area contributed by atoms with Crippen molar-refractivity contribution in [3.63, 3.8) is 0 Å². The van der Waals surface area contributed by atoms with E-state index in [0.717, 1.165) is 18.8 Å². The first-order chi connectivity index (χ1) is 6.60. The van der Waals surface area contributed by atoms with Crippen molar-refractivity contribution in [2.75, 3.05) is 6.79 Å². The highest BCUT2D eigenvalue weighted by Crippen LogP contribution is 2.46. The van der Waals surface area contributed by atoms with Gasteiger partial charge >= 0.3 is 0 Å². The zero-order valence-corrected chi connectivity index (χ0v) is 9.75. The highest BCUT2D eigenvalue weighted by atomic mass is 16.6. The lowest BCUT2D eigenvalue weighted by Gasteiger charge is -2.26. The maximum Gasteiger partial charge on any atom is 0.143 e. The summed E-state index contributed by atoms with van der Waals surface area (Å²) in [5.41, 5.74) is 0.398. The summed E-state index contributed by atoms with van der Waals surface area (Å²) in [6, 6.07) is 0. The molecular weight excluding hydrogens is 176 g/mol. The first-order valence-electron chi connectivity index (χ1n) is 5.82. The third kappa shape index (κ3) is 2.96. The topological polar surface area (TPSA) is 29.5 Å². The molecule has 2 atom stereocenters. The smallest absolute Gasteiger partial charge is 0.143 e. The lowest BCUT2D eigenvalue weighted by molar-refractivity contribution is -0.0501. The number of aliphatic hydroxyl groups is 1. The molecule has 1 rings (SSSR count). The van der Waals surface area contributed by atoms with Crippen LogP contribution in [-0.2, 0) is 4.74 Å². The summed E-state index contributed by atoms with van der Waals surface area (Å²) in [6.45, 7) is 6.77. The molecule has 1 fully saturated rings. The van der Waals surface area contributed by atoms with Crippen molar-refractivity contribution < 1.29 is 9.84 Å². The van der Waals surface area contributed by atoms with Crippen molar-refractivity contribution in [1.29, 1.82) is 0 Å². The first kappa shape index (κ1) is 12.0. The Morgan fingerprint density at radius 2 is 2.14 bits per heavy atom. The summed E-state index contributed by atoms with van der Waals surface area (Å²) in [6.07, 6.45) is 6.43. The molecule has 2 heteroatoms. The van der Waals surface area contributed by atoms with Crippen LogP contribution in [0.2, 0.25) is 0 Å². The molecule has 0 saturated heterocycles. The maximum atomic E-state index is 8.74. The SMILES string of the molecule is CCCCC1CC(OCO)CC1(C)C. The molecule has 0 aliphatic heterocycles. The number of rotatable bonds is 5. The van der Waals surface area contributed by atoms with Gasteiger partial charge in [0.1, 0.15) is 6.79 Å². The molecule has 84 valence electrons. The molecule has 0 amide bonds. The molecule has 1 N–H and O–H groups in total. The minimum atomic E-state index is -0.124. The van der Waals surface area contributed by atoms with Crippen molar-refractivity contribution in [3.05, 3.63) is 0 Å². The molecule has 0 heterocycles. The van der Waals surface area contributed by atoms with E-state index >= 15 is 0 Å². The Morgan fingerprint density at radius 1 is 1.43 bits per heavy atom. The average Bonchev–Trinajstić information content (AvgIpc) is 2.38. The standard InChI is InChI=1S/C12H24O2/c1-4-5-6-10-7-11(14-9-13)8-12(10,2)3/h10-11,13H,4-9H2,1-3H3. The fourth-order valence-corrected chi connectivity index (χ4v) is 2.66.